The summed E-state index contributed by atoms with van der Waals surface area (Å²) in [5.41, 5.74) is 0.621. The van der Waals surface area contributed by atoms with Crippen LogP contribution in [0.3, 0.4) is 0 Å². The summed E-state index contributed by atoms with van der Waals surface area (Å²) >= 11 is 0. The molecule has 0 amide bonds. The first-order valence-electron chi connectivity index (χ1n) is 12.7. The standard InChI is InChI=1S/C25H46O3Si2/c1-24-14-13-22-20(21(24)10-11-23(24)28-30(5,6)7)9-8-18-16-19(26)12-15-25(18,22)17-27-29(2,3)4/h18,20-23H,8-17H2,1-7H3/t18-,20-,21-,22-,23-,24-,25+/m0/s1. The molecule has 0 unspecified atom stereocenters. The van der Waals surface area contributed by atoms with Crippen molar-refractivity contribution in [1.82, 2.24) is 0 Å². The van der Waals surface area contributed by atoms with Crippen molar-refractivity contribution in [2.75, 3.05) is 6.61 Å². The minimum Gasteiger partial charge on any atom is -0.417 e. The minimum atomic E-state index is -1.58. The van der Waals surface area contributed by atoms with Gasteiger partial charge in [0.2, 0.25) is 0 Å². The first-order valence-corrected chi connectivity index (χ1v) is 19.5. The summed E-state index contributed by atoms with van der Waals surface area (Å²) < 4.78 is 13.4. The van der Waals surface area contributed by atoms with E-state index < -0.39 is 16.6 Å². The smallest absolute Gasteiger partial charge is 0.184 e. The lowest BCUT2D eigenvalue weighted by Crippen LogP contribution is -2.58. The van der Waals surface area contributed by atoms with Gasteiger partial charge in [0.25, 0.3) is 0 Å². The van der Waals surface area contributed by atoms with Gasteiger partial charge in [-0.05, 0) is 119 Å². The molecule has 0 N–H and O–H groups in total. The largest absolute Gasteiger partial charge is 0.417 e. The summed E-state index contributed by atoms with van der Waals surface area (Å²) in [4.78, 5) is 12.4. The van der Waals surface area contributed by atoms with Crippen LogP contribution in [0.1, 0.15) is 64.7 Å². The van der Waals surface area contributed by atoms with Gasteiger partial charge in [-0.15, -0.1) is 0 Å². The molecule has 0 radical (unpaired) electrons. The predicted octanol–water partition coefficient (Wildman–Crippen LogP) is 6.65. The van der Waals surface area contributed by atoms with E-state index in [2.05, 4.69) is 46.2 Å². The number of carbonyl (C=O) groups excluding carboxylic acids is 1. The molecule has 4 saturated carbocycles. The van der Waals surface area contributed by atoms with Gasteiger partial charge in [0.15, 0.2) is 16.6 Å². The molecule has 7 atom stereocenters. The summed E-state index contributed by atoms with van der Waals surface area (Å²) in [6.07, 6.45) is 11.0. The highest BCUT2D eigenvalue weighted by Gasteiger charge is 2.62. The Balaban J connectivity index is 1.60. The molecule has 0 heterocycles. The van der Waals surface area contributed by atoms with E-state index in [1.165, 1.54) is 38.5 Å². The van der Waals surface area contributed by atoms with Crippen LogP contribution >= 0.6 is 0 Å². The Labute approximate surface area is 187 Å². The monoisotopic (exact) mass is 450 g/mol. The van der Waals surface area contributed by atoms with Gasteiger partial charge in [-0.3, -0.25) is 4.79 Å². The van der Waals surface area contributed by atoms with Crippen molar-refractivity contribution in [3.8, 4) is 0 Å². The number of ketones is 1. The lowest BCUT2D eigenvalue weighted by atomic mass is 9.45. The Morgan fingerprint density at radius 1 is 0.900 bits per heavy atom. The van der Waals surface area contributed by atoms with Crippen LogP contribution in [0.2, 0.25) is 39.3 Å². The zero-order valence-electron chi connectivity index (χ0n) is 20.7. The maximum Gasteiger partial charge on any atom is 0.184 e. The summed E-state index contributed by atoms with van der Waals surface area (Å²) in [7, 11) is -3.10. The van der Waals surface area contributed by atoms with E-state index in [-0.39, 0.29) is 5.41 Å². The van der Waals surface area contributed by atoms with Crippen molar-refractivity contribution in [3.05, 3.63) is 0 Å². The number of hydrogen-bond acceptors (Lipinski definition) is 3. The molecule has 4 aliphatic rings. The second-order valence-electron chi connectivity index (χ2n) is 13.4. The molecule has 4 rings (SSSR count). The van der Waals surface area contributed by atoms with Crippen LogP contribution < -0.4 is 0 Å². The average Bonchev–Trinajstić information content (AvgIpc) is 2.94. The molecule has 0 aromatic heterocycles. The molecule has 30 heavy (non-hydrogen) atoms. The van der Waals surface area contributed by atoms with E-state index >= 15 is 0 Å². The van der Waals surface area contributed by atoms with Gasteiger partial charge in [0.1, 0.15) is 5.78 Å². The summed E-state index contributed by atoms with van der Waals surface area (Å²) in [6.45, 7) is 17.5. The Hall–Kier alpha value is 0.0238. The quantitative estimate of drug-likeness (QED) is 0.440. The van der Waals surface area contributed by atoms with Gasteiger partial charge in [-0.25, -0.2) is 0 Å². The molecule has 3 nitrogen and oxygen atoms in total. The summed E-state index contributed by atoms with van der Waals surface area (Å²) in [5, 5.41) is 0. The zero-order valence-corrected chi connectivity index (χ0v) is 22.7. The lowest BCUT2D eigenvalue weighted by molar-refractivity contribution is -0.153. The maximum atomic E-state index is 12.4. The van der Waals surface area contributed by atoms with E-state index in [4.69, 9.17) is 8.85 Å². The third-order valence-corrected chi connectivity index (χ3v) is 11.4. The highest BCUT2D eigenvalue weighted by molar-refractivity contribution is 6.70. The number of carbonyl (C=O) groups is 1. The van der Waals surface area contributed by atoms with Crippen molar-refractivity contribution in [3.63, 3.8) is 0 Å². The Morgan fingerprint density at radius 2 is 1.63 bits per heavy atom. The van der Waals surface area contributed by atoms with E-state index in [1.807, 2.05) is 0 Å². The van der Waals surface area contributed by atoms with Crippen LogP contribution in [0, 0.1) is 34.5 Å². The molecule has 4 aliphatic carbocycles. The molecule has 0 aliphatic heterocycles. The molecule has 5 heteroatoms. The lowest BCUT2D eigenvalue weighted by Gasteiger charge is -2.61. The summed E-state index contributed by atoms with van der Waals surface area (Å²) in [5.74, 6) is 3.45. The molecule has 0 saturated heterocycles. The molecular weight excluding hydrogens is 404 g/mol. The predicted molar refractivity (Wildman–Crippen MR) is 129 cm³/mol. The minimum absolute atomic E-state index is 0.260. The first-order chi connectivity index (χ1) is 13.8. The van der Waals surface area contributed by atoms with Crippen LogP contribution in [0.4, 0.5) is 0 Å². The van der Waals surface area contributed by atoms with Crippen molar-refractivity contribution in [2.24, 2.45) is 34.5 Å². The van der Waals surface area contributed by atoms with Crippen molar-refractivity contribution in [2.45, 2.75) is 110 Å². The maximum absolute atomic E-state index is 12.4. The van der Waals surface area contributed by atoms with Crippen LogP contribution in [-0.4, -0.2) is 35.1 Å². The number of fused-ring (bicyclic) bond motifs is 5. The van der Waals surface area contributed by atoms with Crippen LogP contribution in [0.25, 0.3) is 0 Å². The van der Waals surface area contributed by atoms with Crippen LogP contribution in [0.5, 0.6) is 0 Å². The molecule has 172 valence electrons. The van der Waals surface area contributed by atoms with Crippen molar-refractivity contribution in [1.29, 1.82) is 0 Å². The Kier molecular flexibility index (Phi) is 6.04. The first kappa shape index (κ1) is 23.2. The Morgan fingerprint density at radius 3 is 2.30 bits per heavy atom. The highest BCUT2D eigenvalue weighted by atomic mass is 28.4. The fourth-order valence-electron chi connectivity index (χ4n) is 8.05. The fraction of sp³-hybridized carbons (Fsp3) is 0.960. The third kappa shape index (κ3) is 4.17. The molecular formula is C25H46O3Si2. The molecule has 0 bridgehead atoms. The molecule has 0 aromatic carbocycles. The van der Waals surface area contributed by atoms with Crippen LogP contribution in [0.15, 0.2) is 0 Å². The second-order valence-corrected chi connectivity index (χ2v) is 22.3. The van der Waals surface area contributed by atoms with Crippen molar-refractivity contribution < 1.29 is 13.6 Å². The zero-order chi connectivity index (χ0) is 21.9. The number of Topliss-reactive ketones (excluding diaryl/α,β-unsaturated/α-hetero) is 1. The highest BCUT2D eigenvalue weighted by Crippen LogP contribution is 2.66. The van der Waals surface area contributed by atoms with E-state index in [0.29, 0.717) is 23.2 Å². The molecule has 0 aromatic rings. The number of hydrogen-bond donors (Lipinski definition) is 0. The van der Waals surface area contributed by atoms with Gasteiger partial charge < -0.3 is 8.85 Å². The normalized spacial score (nSPS) is 44.4. The van der Waals surface area contributed by atoms with Crippen LogP contribution in [-0.2, 0) is 13.6 Å². The van der Waals surface area contributed by atoms with E-state index in [9.17, 15) is 4.79 Å². The Bertz CT molecular complexity index is 666. The number of rotatable bonds is 5. The third-order valence-electron chi connectivity index (χ3n) is 9.36. The second kappa shape index (κ2) is 7.81. The molecule has 0 spiro atoms. The SMILES string of the molecule is C[C@]12CC[C@H]3[C@@H](CC[C@H]4CC(=O)CC[C@@]43CO[Si](C)(C)C)[C@@H]1CC[C@@H]2O[Si](C)(C)C. The molecule has 4 fully saturated rings. The van der Waals surface area contributed by atoms with Gasteiger partial charge >= 0.3 is 0 Å². The fourth-order valence-corrected chi connectivity index (χ4v) is 9.99. The van der Waals surface area contributed by atoms with Crippen molar-refractivity contribution >= 4 is 22.4 Å². The van der Waals surface area contributed by atoms with Gasteiger partial charge in [0.05, 0.1) is 6.10 Å². The van der Waals surface area contributed by atoms with E-state index in [0.717, 1.165) is 43.6 Å². The topological polar surface area (TPSA) is 35.5 Å². The summed E-state index contributed by atoms with van der Waals surface area (Å²) in [6, 6.07) is 0. The van der Waals surface area contributed by atoms with Gasteiger partial charge in [-0.1, -0.05) is 6.92 Å². The average molecular weight is 451 g/mol. The van der Waals surface area contributed by atoms with Gasteiger partial charge in [0, 0.05) is 19.4 Å². The van der Waals surface area contributed by atoms with E-state index in [1.54, 1.807) is 0 Å². The van der Waals surface area contributed by atoms with Gasteiger partial charge in [-0.2, -0.15) is 0 Å².